The van der Waals surface area contributed by atoms with E-state index in [1.165, 1.54) is 0 Å². The molecule has 0 aliphatic rings. The van der Waals surface area contributed by atoms with Gasteiger partial charge in [0.05, 0.1) is 5.52 Å². The number of H-pyrrole nitrogens is 1. The Morgan fingerprint density at radius 2 is 1.58 bits per heavy atom. The molecule has 0 saturated carbocycles. The van der Waals surface area contributed by atoms with Crippen molar-refractivity contribution in [3.05, 3.63) is 70.0 Å². The fourth-order valence-corrected chi connectivity index (χ4v) is 2.47. The minimum atomic E-state index is 0.0983. The molecule has 0 atom stereocenters. The number of benzene rings is 2. The summed E-state index contributed by atoms with van der Waals surface area (Å²) in [5.74, 6) is 0. The van der Waals surface area contributed by atoms with Crippen LogP contribution in [-0.4, -0.2) is 4.98 Å². The van der Waals surface area contributed by atoms with Crippen LogP contribution in [0.1, 0.15) is 11.1 Å². The summed E-state index contributed by atoms with van der Waals surface area (Å²) in [5, 5.41) is 0.793. The molecule has 0 radical (unpaired) electrons. The molecule has 0 unspecified atom stereocenters. The van der Waals surface area contributed by atoms with Crippen molar-refractivity contribution in [1.29, 1.82) is 0 Å². The van der Waals surface area contributed by atoms with Gasteiger partial charge in [0.1, 0.15) is 0 Å². The summed E-state index contributed by atoms with van der Waals surface area (Å²) >= 11 is 0. The fraction of sp³-hybridized carbons (Fsp3) is 0.118. The first-order chi connectivity index (χ1) is 9.18. The molecule has 94 valence electrons. The number of hydrogen-bond donors (Lipinski definition) is 1. The van der Waals surface area contributed by atoms with Crippen molar-refractivity contribution >= 4 is 10.9 Å². The van der Waals surface area contributed by atoms with Crippen molar-refractivity contribution in [2.24, 2.45) is 0 Å². The van der Waals surface area contributed by atoms with Gasteiger partial charge >= 0.3 is 0 Å². The summed E-state index contributed by atoms with van der Waals surface area (Å²) in [6.45, 7) is 3.99. The number of nitrogens with one attached hydrogen (secondary N) is 1. The molecule has 3 aromatic rings. The summed E-state index contributed by atoms with van der Waals surface area (Å²) in [6, 6.07) is 13.8. The molecule has 0 bridgehead atoms. The first-order valence-electron chi connectivity index (χ1n) is 6.35. The third-order valence-corrected chi connectivity index (χ3v) is 3.54. The van der Waals surface area contributed by atoms with E-state index in [1.807, 2.05) is 62.5 Å². The van der Waals surface area contributed by atoms with Crippen LogP contribution in [0.2, 0.25) is 0 Å². The molecule has 1 aromatic heterocycles. The zero-order valence-corrected chi connectivity index (χ0v) is 11.0. The maximum atomic E-state index is 12.7. The van der Waals surface area contributed by atoms with E-state index < -0.39 is 0 Å². The normalized spacial score (nSPS) is 10.8. The van der Waals surface area contributed by atoms with Crippen LogP contribution in [0, 0.1) is 13.8 Å². The highest BCUT2D eigenvalue weighted by Crippen LogP contribution is 2.21. The van der Waals surface area contributed by atoms with E-state index >= 15 is 0 Å². The number of aryl methyl sites for hydroxylation is 2. The maximum Gasteiger partial charge on any atom is 0.197 e. The molecule has 1 N–H and O–H groups in total. The molecule has 1 heterocycles. The molecule has 0 spiro atoms. The van der Waals surface area contributed by atoms with Gasteiger partial charge in [-0.25, -0.2) is 0 Å². The summed E-state index contributed by atoms with van der Waals surface area (Å²) < 4.78 is 0. The van der Waals surface area contributed by atoms with E-state index in [0.29, 0.717) is 0 Å². The van der Waals surface area contributed by atoms with Gasteiger partial charge < -0.3 is 4.98 Å². The Balaban J connectivity index is 2.40. The van der Waals surface area contributed by atoms with Crippen LogP contribution < -0.4 is 5.43 Å². The van der Waals surface area contributed by atoms with Crippen LogP contribution in [0.3, 0.4) is 0 Å². The summed E-state index contributed by atoms with van der Waals surface area (Å²) in [4.78, 5) is 15.9. The van der Waals surface area contributed by atoms with E-state index in [1.54, 1.807) is 0 Å². The van der Waals surface area contributed by atoms with E-state index in [9.17, 15) is 4.79 Å². The smallest absolute Gasteiger partial charge is 0.197 e. The lowest BCUT2D eigenvalue weighted by Crippen LogP contribution is -2.08. The molecule has 2 heteroatoms. The lowest BCUT2D eigenvalue weighted by molar-refractivity contribution is 1.33. The van der Waals surface area contributed by atoms with Crippen LogP contribution in [0.5, 0.6) is 0 Å². The summed E-state index contributed by atoms with van der Waals surface area (Å²) in [5.41, 5.74) is 4.82. The molecule has 0 fully saturated rings. The number of aromatic amines is 1. The highest BCUT2D eigenvalue weighted by molar-refractivity contribution is 5.88. The Kier molecular flexibility index (Phi) is 2.71. The van der Waals surface area contributed by atoms with Gasteiger partial charge in [-0.05, 0) is 30.5 Å². The third kappa shape index (κ3) is 1.85. The van der Waals surface area contributed by atoms with E-state index in [2.05, 4.69) is 4.98 Å². The zero-order chi connectivity index (χ0) is 13.4. The molecule has 2 nitrogen and oxygen atoms in total. The SMILES string of the molecule is Cc1ccc(C)c2c(=O)c(-c3ccccc3)c[nH]c12. The predicted octanol–water partition coefficient (Wildman–Crippen LogP) is 3.81. The molecule has 0 aliphatic carbocycles. The van der Waals surface area contributed by atoms with Gasteiger partial charge in [-0.15, -0.1) is 0 Å². The Bertz CT molecular complexity index is 801. The summed E-state index contributed by atoms with van der Waals surface area (Å²) in [6.07, 6.45) is 1.81. The van der Waals surface area contributed by atoms with Crippen molar-refractivity contribution in [2.45, 2.75) is 13.8 Å². The molecule has 3 rings (SSSR count). The second-order valence-corrected chi connectivity index (χ2v) is 4.85. The van der Waals surface area contributed by atoms with Gasteiger partial charge in [0.15, 0.2) is 5.43 Å². The highest BCUT2D eigenvalue weighted by atomic mass is 16.1. The second-order valence-electron chi connectivity index (χ2n) is 4.85. The molecular weight excluding hydrogens is 234 g/mol. The summed E-state index contributed by atoms with van der Waals surface area (Å²) in [7, 11) is 0. The van der Waals surface area contributed by atoms with Gasteiger partial charge in [0, 0.05) is 17.1 Å². The highest BCUT2D eigenvalue weighted by Gasteiger charge is 2.10. The van der Waals surface area contributed by atoms with Crippen LogP contribution in [0.15, 0.2) is 53.5 Å². The van der Waals surface area contributed by atoms with Crippen LogP contribution in [0.4, 0.5) is 0 Å². The molecule has 0 aliphatic heterocycles. The largest absolute Gasteiger partial charge is 0.360 e. The molecule has 0 saturated heterocycles. The lowest BCUT2D eigenvalue weighted by Gasteiger charge is -2.08. The minimum Gasteiger partial charge on any atom is -0.360 e. The fourth-order valence-electron chi connectivity index (χ4n) is 2.47. The van der Waals surface area contributed by atoms with Gasteiger partial charge in [-0.3, -0.25) is 4.79 Å². The van der Waals surface area contributed by atoms with Crippen LogP contribution >= 0.6 is 0 Å². The van der Waals surface area contributed by atoms with Gasteiger partial charge in [0.25, 0.3) is 0 Å². The van der Waals surface area contributed by atoms with Crippen molar-refractivity contribution < 1.29 is 0 Å². The minimum absolute atomic E-state index is 0.0983. The lowest BCUT2D eigenvalue weighted by atomic mass is 10.0. The Hall–Kier alpha value is -2.35. The van der Waals surface area contributed by atoms with Gasteiger partial charge in [0.2, 0.25) is 0 Å². The van der Waals surface area contributed by atoms with E-state index in [-0.39, 0.29) is 5.43 Å². The standard InChI is InChI=1S/C17H15NO/c1-11-8-9-12(2)16-15(11)17(19)14(10-18-16)13-6-4-3-5-7-13/h3-10H,1-2H3,(H,18,19). The Morgan fingerprint density at radius 1 is 0.895 bits per heavy atom. The monoisotopic (exact) mass is 249 g/mol. The number of aromatic nitrogens is 1. The molecule has 0 amide bonds. The average Bonchev–Trinajstić information content (AvgIpc) is 2.44. The van der Waals surface area contributed by atoms with Crippen molar-refractivity contribution in [3.63, 3.8) is 0 Å². The Labute approximate surface area is 111 Å². The first kappa shape index (κ1) is 11.7. The first-order valence-corrected chi connectivity index (χ1v) is 6.35. The third-order valence-electron chi connectivity index (χ3n) is 3.54. The van der Waals surface area contributed by atoms with Gasteiger partial charge in [-0.2, -0.15) is 0 Å². The van der Waals surface area contributed by atoms with Crippen molar-refractivity contribution in [1.82, 2.24) is 4.98 Å². The quantitative estimate of drug-likeness (QED) is 0.699. The van der Waals surface area contributed by atoms with Crippen molar-refractivity contribution in [3.8, 4) is 11.1 Å². The number of pyridine rings is 1. The van der Waals surface area contributed by atoms with Crippen LogP contribution in [0.25, 0.3) is 22.0 Å². The van der Waals surface area contributed by atoms with E-state index in [0.717, 1.165) is 33.2 Å². The van der Waals surface area contributed by atoms with E-state index in [4.69, 9.17) is 0 Å². The molecule has 2 aromatic carbocycles. The Morgan fingerprint density at radius 3 is 2.32 bits per heavy atom. The van der Waals surface area contributed by atoms with Gasteiger partial charge in [-0.1, -0.05) is 42.5 Å². The topological polar surface area (TPSA) is 32.9 Å². The van der Waals surface area contributed by atoms with Crippen molar-refractivity contribution in [2.75, 3.05) is 0 Å². The zero-order valence-electron chi connectivity index (χ0n) is 11.0. The molecule has 19 heavy (non-hydrogen) atoms. The number of hydrogen-bond acceptors (Lipinski definition) is 1. The average molecular weight is 249 g/mol. The number of fused-ring (bicyclic) bond motifs is 1. The second kappa shape index (κ2) is 4.39. The maximum absolute atomic E-state index is 12.7. The molecular formula is C17H15NO. The van der Waals surface area contributed by atoms with Crippen LogP contribution in [-0.2, 0) is 0 Å². The predicted molar refractivity (Wildman–Crippen MR) is 79.5 cm³/mol. The number of rotatable bonds is 1.